The van der Waals surface area contributed by atoms with Crippen molar-refractivity contribution in [2.24, 2.45) is 0 Å². The molecule has 2 aliphatic rings. The first kappa shape index (κ1) is 19.3. The number of carbonyl (C=O) groups is 1. The molecule has 0 radical (unpaired) electrons. The molecule has 0 bridgehead atoms. The number of carbonyl (C=O) groups excluding carboxylic acids is 1. The van der Waals surface area contributed by atoms with Gasteiger partial charge in [0.1, 0.15) is 17.3 Å². The number of hydrogen-bond donors (Lipinski definition) is 1. The van der Waals surface area contributed by atoms with Gasteiger partial charge in [0.2, 0.25) is 5.78 Å². The number of pyridine rings is 2. The van der Waals surface area contributed by atoms with Gasteiger partial charge in [-0.3, -0.25) is 4.79 Å². The van der Waals surface area contributed by atoms with E-state index in [4.69, 9.17) is 5.73 Å². The maximum atomic E-state index is 12.9. The van der Waals surface area contributed by atoms with Crippen molar-refractivity contribution in [3.05, 3.63) is 46.2 Å². The number of rotatable bonds is 4. The molecular formula is C21H26BrN5O. The average Bonchev–Trinajstić information content (AvgIpc) is 2.76. The van der Waals surface area contributed by atoms with Gasteiger partial charge in [-0.25, -0.2) is 9.97 Å². The Labute approximate surface area is 174 Å². The number of nitrogen functional groups attached to an aromatic ring is 1. The smallest absolute Gasteiger partial charge is 0.215 e. The van der Waals surface area contributed by atoms with Crippen LogP contribution in [0.3, 0.4) is 0 Å². The van der Waals surface area contributed by atoms with E-state index in [1.807, 2.05) is 12.1 Å². The summed E-state index contributed by atoms with van der Waals surface area (Å²) in [6.07, 6.45) is 7.93. The van der Waals surface area contributed by atoms with Crippen LogP contribution < -0.4 is 10.6 Å². The number of anilines is 2. The van der Waals surface area contributed by atoms with Gasteiger partial charge in [-0.15, -0.1) is 0 Å². The molecule has 6 nitrogen and oxygen atoms in total. The van der Waals surface area contributed by atoms with E-state index in [1.165, 1.54) is 32.4 Å². The number of hydrogen-bond acceptors (Lipinski definition) is 6. The molecule has 28 heavy (non-hydrogen) atoms. The lowest BCUT2D eigenvalue weighted by molar-refractivity contribution is 0.103. The second kappa shape index (κ2) is 8.57. The van der Waals surface area contributed by atoms with Gasteiger partial charge in [-0.1, -0.05) is 12.5 Å². The van der Waals surface area contributed by atoms with Crippen LogP contribution in [0, 0.1) is 0 Å². The molecule has 0 aliphatic carbocycles. The van der Waals surface area contributed by atoms with Crippen LogP contribution in [0.15, 0.2) is 34.9 Å². The fraction of sp³-hybridized carbons (Fsp3) is 0.476. The van der Waals surface area contributed by atoms with Gasteiger partial charge in [0, 0.05) is 29.8 Å². The maximum absolute atomic E-state index is 12.9. The minimum atomic E-state index is -0.198. The summed E-state index contributed by atoms with van der Waals surface area (Å²) in [4.78, 5) is 26.5. The lowest BCUT2D eigenvalue weighted by Crippen LogP contribution is -2.47. The molecule has 148 valence electrons. The number of aromatic nitrogens is 2. The molecule has 2 N–H and O–H groups in total. The summed E-state index contributed by atoms with van der Waals surface area (Å²) in [6, 6.07) is 8.01. The van der Waals surface area contributed by atoms with Crippen LogP contribution in [0.5, 0.6) is 0 Å². The molecule has 0 saturated carbocycles. The highest BCUT2D eigenvalue weighted by molar-refractivity contribution is 9.10. The van der Waals surface area contributed by atoms with E-state index in [2.05, 4.69) is 35.7 Å². The molecule has 2 aromatic heterocycles. The molecule has 2 aliphatic heterocycles. The molecular weight excluding hydrogens is 418 g/mol. The van der Waals surface area contributed by atoms with Crippen molar-refractivity contribution in [1.29, 1.82) is 0 Å². The first-order chi connectivity index (χ1) is 13.6. The average molecular weight is 444 g/mol. The number of piperidine rings is 2. The van der Waals surface area contributed by atoms with Crippen LogP contribution in [0.25, 0.3) is 0 Å². The predicted octanol–water partition coefficient (Wildman–Crippen LogP) is 3.51. The van der Waals surface area contributed by atoms with Crippen molar-refractivity contribution in [3.63, 3.8) is 0 Å². The van der Waals surface area contributed by atoms with E-state index in [1.54, 1.807) is 18.3 Å². The van der Waals surface area contributed by atoms with Gasteiger partial charge in [0.15, 0.2) is 0 Å². The van der Waals surface area contributed by atoms with Crippen LogP contribution >= 0.6 is 15.9 Å². The van der Waals surface area contributed by atoms with Gasteiger partial charge in [0.25, 0.3) is 0 Å². The Hall–Kier alpha value is -1.99. The van der Waals surface area contributed by atoms with Crippen molar-refractivity contribution >= 4 is 33.3 Å². The first-order valence-corrected chi connectivity index (χ1v) is 10.8. The highest BCUT2D eigenvalue weighted by Crippen LogP contribution is 2.25. The standard InChI is InChI=1S/C21H26BrN5O/c22-15-13-17(21(23)24-14-15)20(28)18-5-4-6-19(25-18)27-11-7-16(8-12-27)26-9-2-1-3-10-26/h4-6,13-14,16H,1-3,7-12H2,(H2,23,24). The Bertz CT molecular complexity index is 844. The zero-order valence-corrected chi connectivity index (χ0v) is 17.6. The van der Waals surface area contributed by atoms with Gasteiger partial charge < -0.3 is 15.5 Å². The van der Waals surface area contributed by atoms with Crippen LogP contribution in [0.1, 0.15) is 48.2 Å². The van der Waals surface area contributed by atoms with E-state index < -0.39 is 0 Å². The van der Waals surface area contributed by atoms with Crippen molar-refractivity contribution in [2.75, 3.05) is 36.8 Å². The Morgan fingerprint density at radius 1 is 1.11 bits per heavy atom. The quantitative estimate of drug-likeness (QED) is 0.728. The summed E-state index contributed by atoms with van der Waals surface area (Å²) in [7, 11) is 0. The van der Waals surface area contributed by atoms with Gasteiger partial charge in [0.05, 0.1) is 5.56 Å². The number of halogens is 1. The van der Waals surface area contributed by atoms with Gasteiger partial charge in [-0.05, 0) is 72.9 Å². The van der Waals surface area contributed by atoms with E-state index in [-0.39, 0.29) is 11.6 Å². The van der Waals surface area contributed by atoms with Crippen molar-refractivity contribution in [3.8, 4) is 0 Å². The first-order valence-electron chi connectivity index (χ1n) is 10.0. The monoisotopic (exact) mass is 443 g/mol. The van der Waals surface area contributed by atoms with Crippen molar-refractivity contribution in [2.45, 2.75) is 38.1 Å². The summed E-state index contributed by atoms with van der Waals surface area (Å²) >= 11 is 3.35. The van der Waals surface area contributed by atoms with E-state index >= 15 is 0 Å². The molecule has 2 aromatic rings. The van der Waals surface area contributed by atoms with Crippen molar-refractivity contribution < 1.29 is 4.79 Å². The minimum absolute atomic E-state index is 0.198. The molecule has 2 fully saturated rings. The summed E-state index contributed by atoms with van der Waals surface area (Å²) in [5, 5.41) is 0. The maximum Gasteiger partial charge on any atom is 0.215 e. The Kier molecular flexibility index (Phi) is 5.92. The normalized spacial score (nSPS) is 19.0. The molecule has 0 spiro atoms. The number of nitrogens with two attached hydrogens (primary N) is 1. The third-order valence-electron chi connectivity index (χ3n) is 5.79. The summed E-state index contributed by atoms with van der Waals surface area (Å²) in [5.74, 6) is 0.892. The number of ketones is 1. The lowest BCUT2D eigenvalue weighted by atomic mass is 10.00. The molecule has 4 rings (SSSR count). The summed E-state index contributed by atoms with van der Waals surface area (Å²) in [5.41, 5.74) is 6.68. The summed E-state index contributed by atoms with van der Waals surface area (Å²) in [6.45, 7) is 4.45. The zero-order valence-electron chi connectivity index (χ0n) is 16.0. The molecule has 0 aromatic carbocycles. The second-order valence-electron chi connectivity index (χ2n) is 7.61. The Balaban J connectivity index is 1.45. The fourth-order valence-corrected chi connectivity index (χ4v) is 4.57. The van der Waals surface area contributed by atoms with E-state index in [0.29, 0.717) is 17.3 Å². The predicted molar refractivity (Wildman–Crippen MR) is 115 cm³/mol. The van der Waals surface area contributed by atoms with Crippen LogP contribution in [0.2, 0.25) is 0 Å². The fourth-order valence-electron chi connectivity index (χ4n) is 4.24. The molecule has 4 heterocycles. The van der Waals surface area contributed by atoms with Crippen molar-refractivity contribution in [1.82, 2.24) is 14.9 Å². The Morgan fingerprint density at radius 2 is 1.86 bits per heavy atom. The topological polar surface area (TPSA) is 75.3 Å². The van der Waals surface area contributed by atoms with Gasteiger partial charge in [-0.2, -0.15) is 0 Å². The van der Waals surface area contributed by atoms with E-state index in [0.717, 1.165) is 36.2 Å². The molecule has 2 saturated heterocycles. The van der Waals surface area contributed by atoms with Crippen LogP contribution in [-0.4, -0.2) is 52.9 Å². The second-order valence-corrected chi connectivity index (χ2v) is 8.53. The molecule has 0 unspecified atom stereocenters. The minimum Gasteiger partial charge on any atom is -0.383 e. The third kappa shape index (κ3) is 4.20. The highest BCUT2D eigenvalue weighted by Gasteiger charge is 2.26. The highest BCUT2D eigenvalue weighted by atomic mass is 79.9. The number of nitrogens with zero attached hydrogens (tertiary/aromatic N) is 4. The molecule has 0 atom stereocenters. The zero-order chi connectivity index (χ0) is 19.5. The van der Waals surface area contributed by atoms with Crippen LogP contribution in [-0.2, 0) is 0 Å². The Morgan fingerprint density at radius 3 is 2.61 bits per heavy atom. The lowest BCUT2D eigenvalue weighted by Gasteiger charge is -2.40. The molecule has 7 heteroatoms. The SMILES string of the molecule is Nc1ncc(Br)cc1C(=O)c1cccc(N2CCC(N3CCCCC3)CC2)n1. The number of likely N-dealkylation sites (tertiary alicyclic amines) is 1. The third-order valence-corrected chi connectivity index (χ3v) is 6.23. The van der Waals surface area contributed by atoms with E-state index in [9.17, 15) is 4.79 Å². The molecule has 0 amide bonds. The van der Waals surface area contributed by atoms with Crippen LogP contribution in [0.4, 0.5) is 11.6 Å². The summed E-state index contributed by atoms with van der Waals surface area (Å²) < 4.78 is 0.723. The largest absolute Gasteiger partial charge is 0.383 e. The van der Waals surface area contributed by atoms with Gasteiger partial charge >= 0.3 is 0 Å².